The maximum absolute atomic E-state index is 12.2. The summed E-state index contributed by atoms with van der Waals surface area (Å²) in [5, 5.41) is 2.89. The summed E-state index contributed by atoms with van der Waals surface area (Å²) in [7, 11) is 1.55. The first-order chi connectivity index (χ1) is 10.8. The lowest BCUT2D eigenvalue weighted by molar-refractivity contribution is 0.0948. The van der Waals surface area contributed by atoms with E-state index in [1.807, 2.05) is 30.3 Å². The van der Waals surface area contributed by atoms with Gasteiger partial charge in [0, 0.05) is 18.9 Å². The first kappa shape index (κ1) is 14.0. The second kappa shape index (κ2) is 6.22. The Morgan fingerprint density at radius 3 is 2.68 bits per heavy atom. The molecule has 2 aromatic carbocycles. The van der Waals surface area contributed by atoms with E-state index in [0.29, 0.717) is 17.9 Å². The number of amides is 1. The van der Waals surface area contributed by atoms with Crippen LogP contribution >= 0.6 is 0 Å². The number of nitrogens with one attached hydrogen (secondary N) is 1. The average Bonchev–Trinajstić information content (AvgIpc) is 2.59. The highest BCUT2D eigenvalue weighted by Gasteiger charge is 2.10. The highest BCUT2D eigenvalue weighted by molar-refractivity contribution is 5.96. The smallest absolute Gasteiger partial charge is 0.255 e. The Bertz CT molecular complexity index is 818. The highest BCUT2D eigenvalue weighted by Crippen LogP contribution is 2.17. The number of ether oxygens (including phenoxy) is 1. The number of carbonyl (C=O) groups excluding carboxylic acids is 1. The second-order valence-corrected chi connectivity index (χ2v) is 4.76. The molecule has 0 aliphatic carbocycles. The number of benzene rings is 2. The Hall–Kier alpha value is -2.95. The van der Waals surface area contributed by atoms with E-state index in [1.165, 1.54) is 0 Å². The SMILES string of the molecule is COc1ccccc1C(=O)NCc1ccc2nccnc2c1. The number of hydrogen-bond acceptors (Lipinski definition) is 4. The van der Waals surface area contributed by atoms with Gasteiger partial charge in [0.05, 0.1) is 23.7 Å². The van der Waals surface area contributed by atoms with E-state index in [-0.39, 0.29) is 5.91 Å². The predicted molar refractivity (Wildman–Crippen MR) is 83.7 cm³/mol. The number of rotatable bonds is 4. The van der Waals surface area contributed by atoms with E-state index in [0.717, 1.165) is 16.6 Å². The summed E-state index contributed by atoms with van der Waals surface area (Å²) in [6, 6.07) is 12.9. The van der Waals surface area contributed by atoms with Crippen LogP contribution in [0.5, 0.6) is 5.75 Å². The molecule has 3 aromatic rings. The van der Waals surface area contributed by atoms with Crippen molar-refractivity contribution in [1.82, 2.24) is 15.3 Å². The fourth-order valence-electron chi connectivity index (χ4n) is 2.23. The maximum Gasteiger partial charge on any atom is 0.255 e. The highest BCUT2D eigenvalue weighted by atomic mass is 16.5. The van der Waals surface area contributed by atoms with Gasteiger partial charge in [0.15, 0.2) is 0 Å². The Morgan fingerprint density at radius 2 is 1.86 bits per heavy atom. The van der Waals surface area contributed by atoms with E-state index in [9.17, 15) is 4.79 Å². The van der Waals surface area contributed by atoms with Crippen molar-refractivity contribution in [2.24, 2.45) is 0 Å². The molecule has 0 radical (unpaired) electrons. The van der Waals surface area contributed by atoms with Gasteiger partial charge in [0.2, 0.25) is 0 Å². The monoisotopic (exact) mass is 293 g/mol. The second-order valence-electron chi connectivity index (χ2n) is 4.76. The van der Waals surface area contributed by atoms with Gasteiger partial charge in [-0.15, -0.1) is 0 Å². The molecule has 0 unspecified atom stereocenters. The maximum atomic E-state index is 12.2. The number of fused-ring (bicyclic) bond motifs is 1. The molecule has 0 saturated heterocycles. The minimum absolute atomic E-state index is 0.170. The summed E-state index contributed by atoms with van der Waals surface area (Å²) in [5.41, 5.74) is 3.13. The normalized spacial score (nSPS) is 10.4. The Kier molecular flexibility index (Phi) is 3.96. The first-order valence-electron chi connectivity index (χ1n) is 6.89. The quantitative estimate of drug-likeness (QED) is 0.803. The molecular formula is C17H15N3O2. The predicted octanol–water partition coefficient (Wildman–Crippen LogP) is 2.57. The molecule has 1 N–H and O–H groups in total. The molecule has 0 aliphatic rings. The van der Waals surface area contributed by atoms with Gasteiger partial charge in [-0.1, -0.05) is 18.2 Å². The zero-order chi connectivity index (χ0) is 15.4. The number of nitrogens with zero attached hydrogens (tertiary/aromatic N) is 2. The molecule has 5 heteroatoms. The molecule has 0 saturated carbocycles. The van der Waals surface area contributed by atoms with E-state index in [4.69, 9.17) is 4.74 Å². The van der Waals surface area contributed by atoms with Crippen LogP contribution in [0.25, 0.3) is 11.0 Å². The van der Waals surface area contributed by atoms with Crippen molar-refractivity contribution in [1.29, 1.82) is 0 Å². The molecule has 0 fully saturated rings. The van der Waals surface area contributed by atoms with Gasteiger partial charge in [-0.2, -0.15) is 0 Å². The van der Waals surface area contributed by atoms with Crippen molar-refractivity contribution in [2.45, 2.75) is 6.54 Å². The van der Waals surface area contributed by atoms with Crippen molar-refractivity contribution in [3.63, 3.8) is 0 Å². The molecule has 1 heterocycles. The van der Waals surface area contributed by atoms with Gasteiger partial charge >= 0.3 is 0 Å². The Labute approximate surface area is 128 Å². The zero-order valence-electron chi connectivity index (χ0n) is 12.1. The average molecular weight is 293 g/mol. The molecule has 0 bridgehead atoms. The third-order valence-corrected chi connectivity index (χ3v) is 3.34. The number of carbonyl (C=O) groups is 1. The number of methoxy groups -OCH3 is 1. The van der Waals surface area contributed by atoms with Crippen molar-refractivity contribution in [2.75, 3.05) is 7.11 Å². The molecule has 0 spiro atoms. The van der Waals surface area contributed by atoms with Crippen LogP contribution in [0.3, 0.4) is 0 Å². The summed E-state index contributed by atoms with van der Waals surface area (Å²) in [6.07, 6.45) is 3.31. The molecular weight excluding hydrogens is 278 g/mol. The van der Waals surface area contributed by atoms with Crippen LogP contribution < -0.4 is 10.1 Å². The Morgan fingerprint density at radius 1 is 1.09 bits per heavy atom. The topological polar surface area (TPSA) is 64.1 Å². The van der Waals surface area contributed by atoms with Crippen LogP contribution in [-0.4, -0.2) is 23.0 Å². The van der Waals surface area contributed by atoms with Crippen molar-refractivity contribution >= 4 is 16.9 Å². The molecule has 1 aromatic heterocycles. The van der Waals surface area contributed by atoms with Gasteiger partial charge in [-0.25, -0.2) is 0 Å². The Balaban J connectivity index is 1.74. The summed E-state index contributed by atoms with van der Waals surface area (Å²) in [6.45, 7) is 0.420. The fourth-order valence-corrected chi connectivity index (χ4v) is 2.23. The van der Waals surface area contributed by atoms with Gasteiger partial charge in [0.25, 0.3) is 5.91 Å². The largest absolute Gasteiger partial charge is 0.496 e. The molecule has 1 amide bonds. The van der Waals surface area contributed by atoms with Crippen molar-refractivity contribution in [3.05, 3.63) is 66.0 Å². The van der Waals surface area contributed by atoms with Crippen LogP contribution in [-0.2, 0) is 6.54 Å². The van der Waals surface area contributed by atoms with E-state index < -0.39 is 0 Å². The molecule has 0 atom stereocenters. The summed E-state index contributed by atoms with van der Waals surface area (Å²) in [4.78, 5) is 20.7. The molecule has 5 nitrogen and oxygen atoms in total. The lowest BCUT2D eigenvalue weighted by Crippen LogP contribution is -2.23. The number of hydrogen-bond donors (Lipinski definition) is 1. The molecule has 3 rings (SSSR count). The third-order valence-electron chi connectivity index (χ3n) is 3.34. The standard InChI is InChI=1S/C17H15N3O2/c1-22-16-5-3-2-4-13(16)17(21)20-11-12-6-7-14-15(10-12)19-9-8-18-14/h2-10H,11H2,1H3,(H,20,21). The van der Waals surface area contributed by atoms with E-state index >= 15 is 0 Å². The lowest BCUT2D eigenvalue weighted by atomic mass is 10.1. The fraction of sp³-hybridized carbons (Fsp3) is 0.118. The van der Waals surface area contributed by atoms with E-state index in [1.54, 1.807) is 31.6 Å². The lowest BCUT2D eigenvalue weighted by Gasteiger charge is -2.09. The zero-order valence-corrected chi connectivity index (χ0v) is 12.1. The van der Waals surface area contributed by atoms with Gasteiger partial charge < -0.3 is 10.1 Å². The number of aromatic nitrogens is 2. The summed E-state index contributed by atoms with van der Waals surface area (Å²) >= 11 is 0. The van der Waals surface area contributed by atoms with Crippen molar-refractivity contribution < 1.29 is 9.53 Å². The first-order valence-corrected chi connectivity index (χ1v) is 6.89. The molecule has 0 aliphatic heterocycles. The molecule has 110 valence electrons. The molecule has 22 heavy (non-hydrogen) atoms. The minimum atomic E-state index is -0.170. The third kappa shape index (κ3) is 2.88. The van der Waals surface area contributed by atoms with Crippen LogP contribution in [0.2, 0.25) is 0 Å². The van der Waals surface area contributed by atoms with Crippen LogP contribution in [0.4, 0.5) is 0 Å². The van der Waals surface area contributed by atoms with Crippen LogP contribution in [0.15, 0.2) is 54.9 Å². The van der Waals surface area contributed by atoms with Gasteiger partial charge in [-0.05, 0) is 29.8 Å². The summed E-state index contributed by atoms with van der Waals surface area (Å²) < 4.78 is 5.20. The van der Waals surface area contributed by atoms with Gasteiger partial charge in [0.1, 0.15) is 5.75 Å². The minimum Gasteiger partial charge on any atom is -0.496 e. The van der Waals surface area contributed by atoms with E-state index in [2.05, 4.69) is 15.3 Å². The van der Waals surface area contributed by atoms with Crippen LogP contribution in [0, 0.1) is 0 Å². The van der Waals surface area contributed by atoms with Crippen molar-refractivity contribution in [3.8, 4) is 5.75 Å². The van der Waals surface area contributed by atoms with Crippen LogP contribution in [0.1, 0.15) is 15.9 Å². The summed E-state index contributed by atoms with van der Waals surface area (Å²) in [5.74, 6) is 0.390. The number of para-hydroxylation sites is 1. The van der Waals surface area contributed by atoms with Gasteiger partial charge in [-0.3, -0.25) is 14.8 Å².